The van der Waals surface area contributed by atoms with E-state index in [4.69, 9.17) is 0 Å². The Morgan fingerprint density at radius 2 is 1.89 bits per heavy atom. The highest BCUT2D eigenvalue weighted by Crippen LogP contribution is 2.27. The molecular formula is C21H17N3O2S. The summed E-state index contributed by atoms with van der Waals surface area (Å²) in [6, 6.07) is 18.8. The molecular weight excluding hydrogens is 358 g/mol. The number of nitrogens with one attached hydrogen (secondary N) is 2. The topological polar surface area (TPSA) is 71.1 Å². The summed E-state index contributed by atoms with van der Waals surface area (Å²) < 4.78 is 0. The third-order valence-electron chi connectivity index (χ3n) is 4.24. The summed E-state index contributed by atoms with van der Waals surface area (Å²) in [7, 11) is 0. The molecule has 0 radical (unpaired) electrons. The van der Waals surface area contributed by atoms with Crippen molar-refractivity contribution in [2.24, 2.45) is 0 Å². The first-order valence-corrected chi connectivity index (χ1v) is 9.42. The maximum atomic E-state index is 12.5. The molecule has 4 rings (SSSR count). The average molecular weight is 375 g/mol. The number of amides is 2. The summed E-state index contributed by atoms with van der Waals surface area (Å²) in [6.07, 6.45) is 2.91. The van der Waals surface area contributed by atoms with Crippen LogP contribution in [0.3, 0.4) is 0 Å². The minimum absolute atomic E-state index is 0.0305. The standard InChI is InChI=1S/C21H17N3O2S/c25-19-11-6-15-13-16(7-10-18(15)24-19)23-21(26)14-4-8-17(9-5-14)27-20-3-1-2-12-22-20/h1-5,7-10,12-13H,6,11H2,(H,23,26)(H,24,25). The van der Waals surface area contributed by atoms with Crippen LogP contribution in [0.25, 0.3) is 0 Å². The van der Waals surface area contributed by atoms with Crippen LogP contribution in [0.15, 0.2) is 76.8 Å². The van der Waals surface area contributed by atoms with E-state index in [1.165, 1.54) is 0 Å². The van der Waals surface area contributed by atoms with Gasteiger partial charge in [0.25, 0.3) is 5.91 Å². The van der Waals surface area contributed by atoms with Crippen LogP contribution in [0.5, 0.6) is 0 Å². The summed E-state index contributed by atoms with van der Waals surface area (Å²) in [5, 5.41) is 6.67. The monoisotopic (exact) mass is 375 g/mol. The van der Waals surface area contributed by atoms with Crippen LogP contribution in [-0.2, 0) is 11.2 Å². The quantitative estimate of drug-likeness (QED) is 0.710. The highest BCUT2D eigenvalue weighted by Gasteiger charge is 2.15. The molecule has 0 unspecified atom stereocenters. The molecule has 0 bridgehead atoms. The van der Waals surface area contributed by atoms with Crippen molar-refractivity contribution in [2.45, 2.75) is 22.8 Å². The van der Waals surface area contributed by atoms with Gasteiger partial charge >= 0.3 is 0 Å². The molecule has 1 aliphatic heterocycles. The molecule has 0 saturated heterocycles. The van der Waals surface area contributed by atoms with Gasteiger partial charge in [-0.15, -0.1) is 0 Å². The molecule has 0 saturated carbocycles. The number of hydrogen-bond acceptors (Lipinski definition) is 4. The van der Waals surface area contributed by atoms with E-state index >= 15 is 0 Å². The van der Waals surface area contributed by atoms with Crippen molar-refractivity contribution >= 4 is 35.0 Å². The average Bonchev–Trinajstić information content (AvgIpc) is 2.69. The number of aromatic nitrogens is 1. The van der Waals surface area contributed by atoms with Crippen LogP contribution in [0.2, 0.25) is 0 Å². The maximum absolute atomic E-state index is 12.5. The second-order valence-electron chi connectivity index (χ2n) is 6.17. The lowest BCUT2D eigenvalue weighted by Gasteiger charge is -2.17. The molecule has 2 amide bonds. The molecule has 5 nitrogen and oxygen atoms in total. The van der Waals surface area contributed by atoms with E-state index in [0.717, 1.165) is 26.9 Å². The smallest absolute Gasteiger partial charge is 0.255 e. The summed E-state index contributed by atoms with van der Waals surface area (Å²) in [6.45, 7) is 0. The van der Waals surface area contributed by atoms with Crippen molar-refractivity contribution in [1.82, 2.24) is 4.98 Å². The van der Waals surface area contributed by atoms with Crippen LogP contribution < -0.4 is 10.6 Å². The molecule has 27 heavy (non-hydrogen) atoms. The molecule has 0 atom stereocenters. The Balaban J connectivity index is 1.43. The third-order valence-corrected chi connectivity index (χ3v) is 5.19. The van der Waals surface area contributed by atoms with Gasteiger partial charge in [0.05, 0.1) is 0 Å². The van der Waals surface area contributed by atoms with Gasteiger partial charge in [-0.05, 0) is 66.6 Å². The summed E-state index contributed by atoms with van der Waals surface area (Å²) in [4.78, 5) is 29.2. The van der Waals surface area contributed by atoms with Crippen molar-refractivity contribution in [3.63, 3.8) is 0 Å². The SMILES string of the molecule is O=C1CCc2cc(NC(=O)c3ccc(Sc4ccccn4)cc3)ccc2N1. The van der Waals surface area contributed by atoms with Crippen molar-refractivity contribution < 1.29 is 9.59 Å². The van der Waals surface area contributed by atoms with Crippen LogP contribution in [0, 0.1) is 0 Å². The third kappa shape index (κ3) is 4.17. The maximum Gasteiger partial charge on any atom is 0.255 e. The number of nitrogens with zero attached hydrogens (tertiary/aromatic N) is 1. The fourth-order valence-electron chi connectivity index (χ4n) is 2.87. The fraction of sp³-hybridized carbons (Fsp3) is 0.0952. The minimum atomic E-state index is -0.163. The first kappa shape index (κ1) is 17.3. The molecule has 1 aromatic heterocycles. The number of hydrogen-bond donors (Lipinski definition) is 2. The van der Waals surface area contributed by atoms with Gasteiger partial charge in [-0.1, -0.05) is 17.8 Å². The number of aryl methyl sites for hydroxylation is 1. The zero-order valence-corrected chi connectivity index (χ0v) is 15.3. The Morgan fingerprint density at radius 3 is 2.67 bits per heavy atom. The van der Waals surface area contributed by atoms with Crippen LogP contribution in [-0.4, -0.2) is 16.8 Å². The van der Waals surface area contributed by atoms with Gasteiger partial charge in [-0.2, -0.15) is 0 Å². The van der Waals surface area contributed by atoms with E-state index < -0.39 is 0 Å². The first-order chi connectivity index (χ1) is 13.2. The zero-order chi connectivity index (χ0) is 18.6. The number of carbonyl (C=O) groups excluding carboxylic acids is 2. The second-order valence-corrected chi connectivity index (χ2v) is 7.26. The van der Waals surface area contributed by atoms with Gasteiger partial charge in [0, 0.05) is 34.5 Å². The van der Waals surface area contributed by atoms with E-state index in [9.17, 15) is 9.59 Å². The van der Waals surface area contributed by atoms with Crippen LogP contribution >= 0.6 is 11.8 Å². The van der Waals surface area contributed by atoms with E-state index in [1.807, 2.05) is 42.5 Å². The predicted octanol–water partition coefficient (Wildman–Crippen LogP) is 4.37. The number of pyridine rings is 1. The minimum Gasteiger partial charge on any atom is -0.326 e. The molecule has 2 aromatic carbocycles. The summed E-state index contributed by atoms with van der Waals surface area (Å²) in [5.41, 5.74) is 3.17. The Morgan fingerprint density at radius 1 is 1.04 bits per heavy atom. The van der Waals surface area contributed by atoms with E-state index in [1.54, 1.807) is 36.2 Å². The number of benzene rings is 2. The number of carbonyl (C=O) groups is 2. The summed E-state index contributed by atoms with van der Waals surface area (Å²) >= 11 is 1.55. The highest BCUT2D eigenvalue weighted by molar-refractivity contribution is 7.99. The van der Waals surface area contributed by atoms with Crippen molar-refractivity contribution in [3.8, 4) is 0 Å². The zero-order valence-electron chi connectivity index (χ0n) is 14.4. The lowest BCUT2D eigenvalue weighted by Crippen LogP contribution is -2.19. The molecule has 134 valence electrons. The van der Waals surface area contributed by atoms with Crippen molar-refractivity contribution in [2.75, 3.05) is 10.6 Å². The largest absolute Gasteiger partial charge is 0.326 e. The highest BCUT2D eigenvalue weighted by atomic mass is 32.2. The second kappa shape index (κ2) is 7.63. The lowest BCUT2D eigenvalue weighted by atomic mass is 10.0. The molecule has 2 N–H and O–H groups in total. The molecule has 0 aliphatic carbocycles. The van der Waals surface area contributed by atoms with E-state index in [-0.39, 0.29) is 11.8 Å². The molecule has 0 fully saturated rings. The van der Waals surface area contributed by atoms with Gasteiger partial charge < -0.3 is 10.6 Å². The number of anilines is 2. The van der Waals surface area contributed by atoms with Gasteiger partial charge in [-0.3, -0.25) is 9.59 Å². The Bertz CT molecular complexity index is 988. The molecule has 3 aromatic rings. The first-order valence-electron chi connectivity index (χ1n) is 8.60. The van der Waals surface area contributed by atoms with Crippen molar-refractivity contribution in [3.05, 3.63) is 78.0 Å². The van der Waals surface area contributed by atoms with Crippen LogP contribution in [0.1, 0.15) is 22.3 Å². The van der Waals surface area contributed by atoms with Gasteiger partial charge in [0.1, 0.15) is 5.03 Å². The molecule has 6 heteroatoms. The summed E-state index contributed by atoms with van der Waals surface area (Å²) in [5.74, 6) is -0.132. The molecule has 0 spiro atoms. The van der Waals surface area contributed by atoms with E-state index in [0.29, 0.717) is 18.4 Å². The molecule has 2 heterocycles. The Kier molecular flexibility index (Phi) is 4.89. The Labute approximate surface area is 161 Å². The van der Waals surface area contributed by atoms with E-state index in [2.05, 4.69) is 15.6 Å². The fourth-order valence-corrected chi connectivity index (χ4v) is 3.64. The van der Waals surface area contributed by atoms with Crippen LogP contribution in [0.4, 0.5) is 11.4 Å². The predicted molar refractivity (Wildman–Crippen MR) is 106 cm³/mol. The molecule has 1 aliphatic rings. The lowest BCUT2D eigenvalue weighted by molar-refractivity contribution is -0.116. The van der Waals surface area contributed by atoms with Gasteiger partial charge in [-0.25, -0.2) is 4.98 Å². The van der Waals surface area contributed by atoms with Gasteiger partial charge in [0.15, 0.2) is 0 Å². The number of fused-ring (bicyclic) bond motifs is 1. The Hall–Kier alpha value is -3.12. The van der Waals surface area contributed by atoms with Crippen molar-refractivity contribution in [1.29, 1.82) is 0 Å². The van der Waals surface area contributed by atoms with Gasteiger partial charge in [0.2, 0.25) is 5.91 Å². The number of rotatable bonds is 4. The normalized spacial score (nSPS) is 12.8.